The summed E-state index contributed by atoms with van der Waals surface area (Å²) in [6, 6.07) is 11.7. The second-order valence-electron chi connectivity index (χ2n) is 6.22. The van der Waals surface area contributed by atoms with E-state index >= 15 is 0 Å². The molecule has 0 spiro atoms. The highest BCUT2D eigenvalue weighted by Crippen LogP contribution is 2.28. The number of hydrogen-bond donors (Lipinski definition) is 2. The molecule has 0 saturated carbocycles. The molecule has 0 aliphatic carbocycles. The normalized spacial score (nSPS) is 11.3. The van der Waals surface area contributed by atoms with Gasteiger partial charge in [0.1, 0.15) is 4.88 Å². The van der Waals surface area contributed by atoms with Crippen LogP contribution in [0.15, 0.2) is 47.4 Å². The molecule has 1 aromatic heterocycles. The van der Waals surface area contributed by atoms with Crippen molar-refractivity contribution >= 4 is 49.7 Å². The van der Waals surface area contributed by atoms with E-state index in [0.29, 0.717) is 21.3 Å². The van der Waals surface area contributed by atoms with Crippen molar-refractivity contribution in [3.8, 4) is 0 Å². The van der Waals surface area contributed by atoms with Crippen LogP contribution in [0.25, 0.3) is 0 Å². The van der Waals surface area contributed by atoms with Gasteiger partial charge in [-0.1, -0.05) is 46.7 Å². The van der Waals surface area contributed by atoms with E-state index in [9.17, 15) is 13.2 Å². The van der Waals surface area contributed by atoms with Crippen LogP contribution in [0.5, 0.6) is 0 Å². The standard InChI is InChI=1S/C19H18ClN3O3S2/c1-11-7-9-14(10-8-11)28(25,26)23-19-21-13(3)17(27-19)18(24)22-16-6-4-5-15(20)12(16)2/h4-10H,1-3H3,(H,21,23)(H,22,24). The number of carbonyl (C=O) groups excluding carboxylic acids is 1. The van der Waals surface area contributed by atoms with Crippen molar-refractivity contribution < 1.29 is 13.2 Å². The van der Waals surface area contributed by atoms with Gasteiger partial charge in [0.15, 0.2) is 5.13 Å². The summed E-state index contributed by atoms with van der Waals surface area (Å²) in [5.41, 5.74) is 2.73. The number of amides is 1. The van der Waals surface area contributed by atoms with E-state index in [0.717, 1.165) is 22.5 Å². The smallest absolute Gasteiger partial charge is 0.267 e. The molecule has 0 radical (unpaired) electrons. The van der Waals surface area contributed by atoms with E-state index in [1.807, 2.05) is 6.92 Å². The number of nitrogens with one attached hydrogen (secondary N) is 2. The summed E-state index contributed by atoms with van der Waals surface area (Å²) in [5.74, 6) is -0.374. The molecule has 3 aromatic rings. The van der Waals surface area contributed by atoms with Gasteiger partial charge >= 0.3 is 0 Å². The molecule has 1 heterocycles. The fourth-order valence-electron chi connectivity index (χ4n) is 2.46. The molecule has 6 nitrogen and oxygen atoms in total. The Labute approximate surface area is 172 Å². The number of rotatable bonds is 5. The molecule has 28 heavy (non-hydrogen) atoms. The summed E-state index contributed by atoms with van der Waals surface area (Å²) in [6.45, 7) is 5.33. The quantitative estimate of drug-likeness (QED) is 0.603. The summed E-state index contributed by atoms with van der Waals surface area (Å²) in [6.07, 6.45) is 0. The maximum atomic E-state index is 12.6. The zero-order valence-electron chi connectivity index (χ0n) is 15.4. The van der Waals surface area contributed by atoms with Crippen molar-refractivity contribution in [1.29, 1.82) is 0 Å². The van der Waals surface area contributed by atoms with E-state index < -0.39 is 10.0 Å². The van der Waals surface area contributed by atoms with Gasteiger partial charge in [0, 0.05) is 10.7 Å². The summed E-state index contributed by atoms with van der Waals surface area (Å²) < 4.78 is 27.5. The molecule has 2 aromatic carbocycles. The number of sulfonamides is 1. The van der Waals surface area contributed by atoms with Crippen molar-refractivity contribution in [3.05, 3.63) is 69.2 Å². The molecule has 2 N–H and O–H groups in total. The van der Waals surface area contributed by atoms with Crippen molar-refractivity contribution in [1.82, 2.24) is 4.98 Å². The Kier molecular flexibility index (Phi) is 5.74. The van der Waals surface area contributed by atoms with E-state index in [1.54, 1.807) is 44.2 Å². The van der Waals surface area contributed by atoms with Crippen LogP contribution in [-0.4, -0.2) is 19.3 Å². The van der Waals surface area contributed by atoms with E-state index in [-0.39, 0.29) is 15.9 Å². The van der Waals surface area contributed by atoms with Crippen LogP contribution in [0.1, 0.15) is 26.5 Å². The minimum Gasteiger partial charge on any atom is -0.321 e. The van der Waals surface area contributed by atoms with Crippen LogP contribution < -0.4 is 10.0 Å². The number of aromatic nitrogens is 1. The number of aryl methyl sites for hydroxylation is 2. The van der Waals surface area contributed by atoms with Crippen LogP contribution in [0.4, 0.5) is 10.8 Å². The Bertz CT molecular complexity index is 1140. The minimum absolute atomic E-state index is 0.131. The average Bonchev–Trinajstić information content (AvgIpc) is 2.99. The molecular weight excluding hydrogens is 418 g/mol. The van der Waals surface area contributed by atoms with Crippen LogP contribution in [0, 0.1) is 20.8 Å². The monoisotopic (exact) mass is 435 g/mol. The number of hydrogen-bond acceptors (Lipinski definition) is 5. The third-order valence-corrected chi connectivity index (χ3v) is 7.04. The zero-order chi connectivity index (χ0) is 20.5. The fourth-order valence-corrected chi connectivity index (χ4v) is 4.74. The van der Waals surface area contributed by atoms with Gasteiger partial charge in [-0.05, 0) is 50.6 Å². The van der Waals surface area contributed by atoms with Gasteiger partial charge in [-0.15, -0.1) is 0 Å². The fraction of sp³-hybridized carbons (Fsp3) is 0.158. The molecule has 0 unspecified atom stereocenters. The molecule has 9 heteroatoms. The van der Waals surface area contributed by atoms with Gasteiger partial charge in [0.2, 0.25) is 0 Å². The maximum absolute atomic E-state index is 12.6. The van der Waals surface area contributed by atoms with Gasteiger partial charge in [0.05, 0.1) is 10.6 Å². The first-order valence-corrected chi connectivity index (χ1v) is 11.0. The molecule has 0 fully saturated rings. The van der Waals surface area contributed by atoms with Crippen molar-refractivity contribution in [2.75, 3.05) is 10.0 Å². The lowest BCUT2D eigenvalue weighted by molar-refractivity contribution is 0.102. The topological polar surface area (TPSA) is 88.2 Å². The van der Waals surface area contributed by atoms with Crippen molar-refractivity contribution in [2.24, 2.45) is 0 Å². The molecule has 0 aliphatic heterocycles. The molecule has 0 bridgehead atoms. The minimum atomic E-state index is -3.78. The summed E-state index contributed by atoms with van der Waals surface area (Å²) in [5, 5.41) is 3.47. The third-order valence-electron chi connectivity index (χ3n) is 4.07. The van der Waals surface area contributed by atoms with Crippen LogP contribution in [0.2, 0.25) is 5.02 Å². The SMILES string of the molecule is Cc1ccc(S(=O)(=O)Nc2nc(C)c(C(=O)Nc3cccc(Cl)c3C)s2)cc1. The molecule has 3 rings (SSSR count). The third kappa shape index (κ3) is 4.35. The molecule has 0 atom stereocenters. The number of nitrogens with zero attached hydrogens (tertiary/aromatic N) is 1. The number of benzene rings is 2. The van der Waals surface area contributed by atoms with Crippen LogP contribution >= 0.6 is 22.9 Å². The second kappa shape index (κ2) is 7.90. The first-order valence-electron chi connectivity index (χ1n) is 8.31. The number of anilines is 2. The first kappa shape index (κ1) is 20.3. The Morgan fingerprint density at radius 3 is 2.43 bits per heavy atom. The summed E-state index contributed by atoms with van der Waals surface area (Å²) >= 11 is 7.06. The Morgan fingerprint density at radius 2 is 1.75 bits per heavy atom. The second-order valence-corrected chi connectivity index (χ2v) is 9.31. The Morgan fingerprint density at radius 1 is 1.07 bits per heavy atom. The van der Waals surface area contributed by atoms with Crippen molar-refractivity contribution in [2.45, 2.75) is 25.7 Å². The predicted molar refractivity (Wildman–Crippen MR) is 113 cm³/mol. The lowest BCUT2D eigenvalue weighted by Crippen LogP contribution is -2.12. The van der Waals surface area contributed by atoms with E-state index in [2.05, 4.69) is 15.0 Å². The van der Waals surface area contributed by atoms with E-state index in [4.69, 9.17) is 11.6 Å². The molecule has 146 valence electrons. The lowest BCUT2D eigenvalue weighted by Gasteiger charge is -2.08. The van der Waals surface area contributed by atoms with Crippen LogP contribution in [0.3, 0.4) is 0 Å². The van der Waals surface area contributed by atoms with Crippen LogP contribution in [-0.2, 0) is 10.0 Å². The zero-order valence-corrected chi connectivity index (χ0v) is 17.8. The van der Waals surface area contributed by atoms with Crippen molar-refractivity contribution in [3.63, 3.8) is 0 Å². The van der Waals surface area contributed by atoms with E-state index in [1.165, 1.54) is 12.1 Å². The largest absolute Gasteiger partial charge is 0.321 e. The van der Waals surface area contributed by atoms with Gasteiger partial charge in [0.25, 0.3) is 15.9 Å². The Balaban J connectivity index is 1.82. The highest BCUT2D eigenvalue weighted by Gasteiger charge is 2.21. The van der Waals surface area contributed by atoms with Gasteiger partial charge in [-0.25, -0.2) is 13.4 Å². The summed E-state index contributed by atoms with van der Waals surface area (Å²) in [4.78, 5) is 17.3. The molecular formula is C19H18ClN3O3S2. The highest BCUT2D eigenvalue weighted by molar-refractivity contribution is 7.93. The predicted octanol–water partition coefficient (Wildman–Crippen LogP) is 4.77. The number of carbonyl (C=O) groups is 1. The average molecular weight is 436 g/mol. The Hall–Kier alpha value is -2.42. The molecule has 0 aliphatic rings. The summed E-state index contributed by atoms with van der Waals surface area (Å²) in [7, 11) is -3.78. The number of halogens is 1. The molecule has 0 saturated heterocycles. The molecule has 1 amide bonds. The number of thiazole rings is 1. The maximum Gasteiger partial charge on any atom is 0.267 e. The highest BCUT2D eigenvalue weighted by atomic mass is 35.5. The van der Waals surface area contributed by atoms with Gasteiger partial charge < -0.3 is 5.32 Å². The first-order chi connectivity index (χ1) is 13.2. The lowest BCUT2D eigenvalue weighted by atomic mass is 10.2. The van der Waals surface area contributed by atoms with Gasteiger partial charge in [-0.2, -0.15) is 0 Å². The van der Waals surface area contributed by atoms with Gasteiger partial charge in [-0.3, -0.25) is 9.52 Å².